The predicted octanol–water partition coefficient (Wildman–Crippen LogP) is 5.03. The Morgan fingerprint density at radius 2 is 2.07 bits per heavy atom. The van der Waals surface area contributed by atoms with E-state index in [0.29, 0.717) is 0 Å². The summed E-state index contributed by atoms with van der Waals surface area (Å²) in [5.41, 5.74) is 2.80. The second-order valence-corrected chi connectivity index (χ2v) is 5.05. The van der Waals surface area contributed by atoms with Crippen LogP contribution in [0, 0.1) is 0 Å². The minimum Gasteiger partial charge on any atom is -0.118 e. The van der Waals surface area contributed by atoms with Crippen LogP contribution in [0.3, 0.4) is 0 Å². The summed E-state index contributed by atoms with van der Waals surface area (Å²) in [7, 11) is 0. The van der Waals surface area contributed by atoms with Gasteiger partial charge in [0.2, 0.25) is 0 Å². The van der Waals surface area contributed by atoms with Gasteiger partial charge < -0.3 is 0 Å². The smallest absolute Gasteiger partial charge is 0.0582 e. The van der Waals surface area contributed by atoms with Gasteiger partial charge in [0.15, 0.2) is 0 Å². The van der Waals surface area contributed by atoms with E-state index in [0.717, 1.165) is 12.3 Å². The fraction of sp³-hybridized carbons (Fsp3) is 0.571. The van der Waals surface area contributed by atoms with Crippen molar-refractivity contribution < 1.29 is 0 Å². The standard InChI is InChI=1S/C14H19Cl/c1-2-14(15)13-9-5-8-12(10-13)11-6-3-4-7-11/h5,8-11,14H,2-4,6-7H2,1H3. The molecular weight excluding hydrogens is 204 g/mol. The Bertz CT molecular complexity index is 313. The Balaban J connectivity index is 2.18. The fourth-order valence-corrected chi connectivity index (χ4v) is 2.64. The monoisotopic (exact) mass is 222 g/mol. The lowest BCUT2D eigenvalue weighted by molar-refractivity contribution is 0.720. The molecule has 0 aliphatic heterocycles. The third-order valence-electron chi connectivity index (χ3n) is 3.46. The molecule has 1 heteroatoms. The minimum atomic E-state index is 0.186. The Kier molecular flexibility index (Phi) is 3.69. The van der Waals surface area contributed by atoms with Crippen LogP contribution < -0.4 is 0 Å². The van der Waals surface area contributed by atoms with Crippen molar-refractivity contribution in [1.82, 2.24) is 0 Å². The number of benzene rings is 1. The van der Waals surface area contributed by atoms with Gasteiger partial charge in [0, 0.05) is 0 Å². The zero-order chi connectivity index (χ0) is 10.7. The van der Waals surface area contributed by atoms with Gasteiger partial charge in [-0.3, -0.25) is 0 Å². The lowest BCUT2D eigenvalue weighted by Gasteiger charge is -2.13. The van der Waals surface area contributed by atoms with Crippen LogP contribution >= 0.6 is 11.6 Å². The van der Waals surface area contributed by atoms with Crippen LogP contribution in [0.2, 0.25) is 0 Å². The number of hydrogen-bond acceptors (Lipinski definition) is 0. The van der Waals surface area contributed by atoms with Crippen LogP contribution in [0.15, 0.2) is 24.3 Å². The van der Waals surface area contributed by atoms with E-state index in [1.54, 1.807) is 0 Å². The molecule has 1 aromatic rings. The summed E-state index contributed by atoms with van der Waals surface area (Å²) in [5, 5.41) is 0.186. The molecule has 1 atom stereocenters. The summed E-state index contributed by atoms with van der Waals surface area (Å²) in [6.07, 6.45) is 6.53. The molecule has 1 saturated carbocycles. The largest absolute Gasteiger partial charge is 0.118 e. The molecule has 1 fully saturated rings. The van der Waals surface area contributed by atoms with Gasteiger partial charge in [0.05, 0.1) is 5.38 Å². The van der Waals surface area contributed by atoms with E-state index in [1.165, 1.54) is 36.8 Å². The first kappa shape index (κ1) is 11.0. The highest BCUT2D eigenvalue weighted by Gasteiger charge is 2.17. The van der Waals surface area contributed by atoms with Crippen LogP contribution in [-0.4, -0.2) is 0 Å². The SMILES string of the molecule is CCC(Cl)c1cccc(C2CCCC2)c1. The first-order valence-electron chi connectivity index (χ1n) is 6.05. The van der Waals surface area contributed by atoms with E-state index in [1.807, 2.05) is 0 Å². The molecule has 1 aliphatic rings. The third kappa shape index (κ3) is 2.55. The maximum atomic E-state index is 6.27. The molecule has 0 saturated heterocycles. The van der Waals surface area contributed by atoms with Crippen molar-refractivity contribution in [3.8, 4) is 0 Å². The Hall–Kier alpha value is -0.490. The third-order valence-corrected chi connectivity index (χ3v) is 4.02. The summed E-state index contributed by atoms with van der Waals surface area (Å²) < 4.78 is 0. The topological polar surface area (TPSA) is 0 Å². The average molecular weight is 223 g/mol. The van der Waals surface area contributed by atoms with Gasteiger partial charge >= 0.3 is 0 Å². The highest BCUT2D eigenvalue weighted by Crippen LogP contribution is 2.35. The zero-order valence-corrected chi connectivity index (χ0v) is 10.1. The van der Waals surface area contributed by atoms with Crippen molar-refractivity contribution in [1.29, 1.82) is 0 Å². The van der Waals surface area contributed by atoms with Gasteiger partial charge in [0.25, 0.3) is 0 Å². The van der Waals surface area contributed by atoms with E-state index in [9.17, 15) is 0 Å². The Morgan fingerprint density at radius 3 is 2.73 bits per heavy atom. The molecule has 2 rings (SSSR count). The normalized spacial score (nSPS) is 19.3. The molecule has 1 aliphatic carbocycles. The van der Waals surface area contributed by atoms with Crippen LogP contribution in [0.5, 0.6) is 0 Å². The molecule has 0 heterocycles. The summed E-state index contributed by atoms with van der Waals surface area (Å²) in [5.74, 6) is 0.797. The molecule has 0 radical (unpaired) electrons. The van der Waals surface area contributed by atoms with Gasteiger partial charge in [-0.05, 0) is 36.3 Å². The van der Waals surface area contributed by atoms with Crippen molar-refractivity contribution >= 4 is 11.6 Å². The van der Waals surface area contributed by atoms with E-state index in [-0.39, 0.29) is 5.38 Å². The van der Waals surface area contributed by atoms with Gasteiger partial charge in [-0.1, -0.05) is 44.0 Å². The zero-order valence-electron chi connectivity index (χ0n) is 9.38. The maximum absolute atomic E-state index is 6.27. The molecule has 0 nitrogen and oxygen atoms in total. The molecular formula is C14H19Cl. The number of hydrogen-bond donors (Lipinski definition) is 0. The van der Waals surface area contributed by atoms with E-state index in [4.69, 9.17) is 11.6 Å². The molecule has 0 amide bonds. The molecule has 1 unspecified atom stereocenters. The molecule has 0 spiro atoms. The lowest BCUT2D eigenvalue weighted by atomic mass is 9.95. The van der Waals surface area contributed by atoms with Gasteiger partial charge in [-0.2, -0.15) is 0 Å². The highest BCUT2D eigenvalue weighted by atomic mass is 35.5. The second kappa shape index (κ2) is 5.03. The molecule has 0 bridgehead atoms. The van der Waals surface area contributed by atoms with Gasteiger partial charge in [-0.25, -0.2) is 0 Å². The molecule has 82 valence electrons. The first-order chi connectivity index (χ1) is 7.31. The summed E-state index contributed by atoms with van der Waals surface area (Å²) in [6, 6.07) is 8.89. The molecule has 1 aromatic carbocycles. The molecule has 0 N–H and O–H groups in total. The number of halogens is 1. The number of alkyl halides is 1. The van der Waals surface area contributed by atoms with E-state index in [2.05, 4.69) is 31.2 Å². The van der Waals surface area contributed by atoms with Crippen molar-refractivity contribution in [3.05, 3.63) is 35.4 Å². The fourth-order valence-electron chi connectivity index (χ4n) is 2.50. The summed E-state index contributed by atoms with van der Waals surface area (Å²) >= 11 is 6.27. The Labute approximate surface area is 97.6 Å². The van der Waals surface area contributed by atoms with Gasteiger partial charge in [-0.15, -0.1) is 11.6 Å². The van der Waals surface area contributed by atoms with E-state index < -0.39 is 0 Å². The first-order valence-corrected chi connectivity index (χ1v) is 6.49. The van der Waals surface area contributed by atoms with Crippen LogP contribution in [0.4, 0.5) is 0 Å². The Morgan fingerprint density at radius 1 is 1.33 bits per heavy atom. The summed E-state index contributed by atoms with van der Waals surface area (Å²) in [4.78, 5) is 0. The number of rotatable bonds is 3. The highest BCUT2D eigenvalue weighted by molar-refractivity contribution is 6.20. The van der Waals surface area contributed by atoms with Crippen LogP contribution in [0.1, 0.15) is 61.4 Å². The maximum Gasteiger partial charge on any atom is 0.0582 e. The van der Waals surface area contributed by atoms with Crippen molar-refractivity contribution in [3.63, 3.8) is 0 Å². The average Bonchev–Trinajstić information content (AvgIpc) is 2.82. The molecule has 15 heavy (non-hydrogen) atoms. The van der Waals surface area contributed by atoms with Crippen molar-refractivity contribution in [2.75, 3.05) is 0 Å². The van der Waals surface area contributed by atoms with Crippen molar-refractivity contribution in [2.24, 2.45) is 0 Å². The quantitative estimate of drug-likeness (QED) is 0.629. The van der Waals surface area contributed by atoms with Crippen LogP contribution in [-0.2, 0) is 0 Å². The molecule has 0 aromatic heterocycles. The van der Waals surface area contributed by atoms with Gasteiger partial charge in [0.1, 0.15) is 0 Å². The van der Waals surface area contributed by atoms with Crippen LogP contribution in [0.25, 0.3) is 0 Å². The van der Waals surface area contributed by atoms with Crippen molar-refractivity contribution in [2.45, 2.75) is 50.3 Å². The minimum absolute atomic E-state index is 0.186. The summed E-state index contributed by atoms with van der Waals surface area (Å²) in [6.45, 7) is 2.14. The second-order valence-electron chi connectivity index (χ2n) is 4.53. The van der Waals surface area contributed by atoms with E-state index >= 15 is 0 Å². The predicted molar refractivity (Wildman–Crippen MR) is 66.5 cm³/mol. The lowest BCUT2D eigenvalue weighted by Crippen LogP contribution is -1.95.